The molecule has 0 fully saturated rings. The molecule has 5 nitrogen and oxygen atoms in total. The van der Waals surface area contributed by atoms with Gasteiger partial charge >= 0.3 is 0 Å². The first-order valence-corrected chi connectivity index (χ1v) is 4.61. The van der Waals surface area contributed by atoms with E-state index in [9.17, 15) is 9.59 Å². The number of hydrogen-bond donors (Lipinski definition) is 3. The van der Waals surface area contributed by atoms with Crippen LogP contribution in [0.4, 0.5) is 0 Å². The third kappa shape index (κ3) is 7.54. The molecule has 0 aliphatic rings. The van der Waals surface area contributed by atoms with Crippen LogP contribution in [0.2, 0.25) is 0 Å². The molecule has 5 heteroatoms. The number of carbonyl (C=O) groups is 2. The molecule has 1 atom stereocenters. The SMILES string of the molecule is C[NH+](CC(N)=O)CC(=O)NC(C)(C)C. The average molecular weight is 202 g/mol. The summed E-state index contributed by atoms with van der Waals surface area (Å²) in [5.74, 6) is -0.470. The number of nitrogens with one attached hydrogen (secondary N) is 2. The number of nitrogens with two attached hydrogens (primary N) is 1. The normalized spacial score (nSPS) is 13.4. The molecule has 0 aromatic carbocycles. The quantitative estimate of drug-likeness (QED) is 0.488. The van der Waals surface area contributed by atoms with E-state index < -0.39 is 5.91 Å². The smallest absolute Gasteiger partial charge is 0.275 e. The van der Waals surface area contributed by atoms with Crippen LogP contribution in [0.1, 0.15) is 20.8 Å². The predicted octanol–water partition coefficient (Wildman–Crippen LogP) is -2.10. The fourth-order valence-corrected chi connectivity index (χ4v) is 1.10. The Hall–Kier alpha value is -1.10. The van der Waals surface area contributed by atoms with Crippen LogP contribution >= 0.6 is 0 Å². The van der Waals surface area contributed by atoms with Crippen molar-refractivity contribution in [1.82, 2.24) is 5.32 Å². The van der Waals surface area contributed by atoms with Crippen LogP contribution in [0, 0.1) is 0 Å². The molecule has 0 bridgehead atoms. The standard InChI is InChI=1S/C9H19N3O2/c1-9(2,3)11-8(14)6-12(4)5-7(10)13/h5-6H2,1-4H3,(H2,10,13)(H,11,14)/p+1. The third-order valence-electron chi connectivity index (χ3n) is 1.45. The van der Waals surface area contributed by atoms with E-state index in [4.69, 9.17) is 5.73 Å². The summed E-state index contributed by atoms with van der Waals surface area (Å²) in [5, 5.41) is 2.81. The summed E-state index contributed by atoms with van der Waals surface area (Å²) in [4.78, 5) is 22.7. The molecule has 0 aliphatic heterocycles. The van der Waals surface area contributed by atoms with Gasteiger partial charge in [-0.05, 0) is 20.8 Å². The number of carbonyl (C=O) groups excluding carboxylic acids is 2. The maximum atomic E-state index is 11.4. The Kier molecular flexibility index (Phi) is 4.56. The molecule has 14 heavy (non-hydrogen) atoms. The molecule has 0 aromatic heterocycles. The number of likely N-dealkylation sites (N-methyl/N-ethyl adjacent to an activating group) is 1. The van der Waals surface area contributed by atoms with Crippen molar-refractivity contribution in [2.45, 2.75) is 26.3 Å². The molecule has 0 spiro atoms. The Balaban J connectivity index is 3.89. The first-order chi connectivity index (χ1) is 6.20. The lowest BCUT2D eigenvalue weighted by atomic mass is 10.1. The van der Waals surface area contributed by atoms with Crippen LogP contribution in [0.25, 0.3) is 0 Å². The minimum atomic E-state index is -0.397. The topological polar surface area (TPSA) is 76.6 Å². The van der Waals surface area contributed by atoms with Crippen molar-refractivity contribution in [1.29, 1.82) is 0 Å². The Morgan fingerprint density at radius 1 is 1.29 bits per heavy atom. The van der Waals surface area contributed by atoms with Crippen molar-refractivity contribution in [3.8, 4) is 0 Å². The Labute approximate surface area is 84.6 Å². The lowest BCUT2D eigenvalue weighted by Crippen LogP contribution is -3.11. The first kappa shape index (κ1) is 12.9. The van der Waals surface area contributed by atoms with Crippen LogP contribution in [0.15, 0.2) is 0 Å². The molecule has 0 saturated carbocycles. The second kappa shape index (κ2) is 4.95. The van der Waals surface area contributed by atoms with Gasteiger partial charge in [-0.15, -0.1) is 0 Å². The number of amides is 2. The van der Waals surface area contributed by atoms with Crippen molar-refractivity contribution in [2.75, 3.05) is 20.1 Å². The zero-order valence-electron chi connectivity index (χ0n) is 9.31. The Morgan fingerprint density at radius 2 is 1.79 bits per heavy atom. The molecule has 82 valence electrons. The highest BCUT2D eigenvalue weighted by molar-refractivity contribution is 5.78. The van der Waals surface area contributed by atoms with Gasteiger partial charge in [0.15, 0.2) is 13.1 Å². The molecule has 0 rings (SSSR count). The second-order valence-electron chi connectivity index (χ2n) is 4.58. The van der Waals surface area contributed by atoms with Gasteiger partial charge in [0.05, 0.1) is 7.05 Å². The third-order valence-corrected chi connectivity index (χ3v) is 1.45. The summed E-state index contributed by atoms with van der Waals surface area (Å²) in [6.07, 6.45) is 0. The van der Waals surface area contributed by atoms with Crippen LogP contribution in [-0.4, -0.2) is 37.5 Å². The number of rotatable bonds is 4. The van der Waals surface area contributed by atoms with E-state index >= 15 is 0 Å². The molecule has 2 amide bonds. The molecule has 0 aliphatic carbocycles. The van der Waals surface area contributed by atoms with Crippen LogP contribution < -0.4 is 16.0 Å². The number of quaternary nitrogens is 1. The van der Waals surface area contributed by atoms with Gasteiger partial charge in [-0.25, -0.2) is 0 Å². The average Bonchev–Trinajstić information content (AvgIpc) is 1.77. The minimum absolute atomic E-state index is 0.0729. The van der Waals surface area contributed by atoms with Crippen molar-refractivity contribution in [3.63, 3.8) is 0 Å². The summed E-state index contributed by atoms with van der Waals surface area (Å²) in [6, 6.07) is 0. The van der Waals surface area contributed by atoms with Gasteiger partial charge < -0.3 is 16.0 Å². The summed E-state index contributed by atoms with van der Waals surface area (Å²) in [7, 11) is 1.76. The van der Waals surface area contributed by atoms with Gasteiger partial charge in [-0.3, -0.25) is 9.59 Å². The molecular formula is C9H20N3O2+. The molecule has 0 heterocycles. The summed E-state index contributed by atoms with van der Waals surface area (Å²) >= 11 is 0. The summed E-state index contributed by atoms with van der Waals surface area (Å²) < 4.78 is 0. The maximum absolute atomic E-state index is 11.4. The monoisotopic (exact) mass is 202 g/mol. The second-order valence-corrected chi connectivity index (χ2v) is 4.58. The number of hydrogen-bond acceptors (Lipinski definition) is 2. The van der Waals surface area contributed by atoms with Gasteiger partial charge in [-0.2, -0.15) is 0 Å². The summed E-state index contributed by atoms with van der Waals surface area (Å²) in [6.45, 7) is 6.18. The van der Waals surface area contributed by atoms with Crippen LogP contribution in [0.5, 0.6) is 0 Å². The lowest BCUT2D eigenvalue weighted by molar-refractivity contribution is -0.862. The van der Waals surface area contributed by atoms with Crippen molar-refractivity contribution < 1.29 is 14.5 Å². The van der Waals surface area contributed by atoms with E-state index in [1.807, 2.05) is 20.8 Å². The Bertz CT molecular complexity index is 221. The van der Waals surface area contributed by atoms with E-state index in [2.05, 4.69) is 5.32 Å². The van der Waals surface area contributed by atoms with Crippen molar-refractivity contribution in [3.05, 3.63) is 0 Å². The number of primary amides is 1. The van der Waals surface area contributed by atoms with Gasteiger partial charge in [-0.1, -0.05) is 0 Å². The minimum Gasteiger partial charge on any atom is -0.365 e. The highest BCUT2D eigenvalue weighted by Gasteiger charge is 2.17. The molecular weight excluding hydrogens is 182 g/mol. The Morgan fingerprint density at radius 3 is 2.14 bits per heavy atom. The van der Waals surface area contributed by atoms with Crippen LogP contribution in [0.3, 0.4) is 0 Å². The van der Waals surface area contributed by atoms with E-state index in [1.54, 1.807) is 7.05 Å². The van der Waals surface area contributed by atoms with E-state index in [-0.39, 0.29) is 24.5 Å². The van der Waals surface area contributed by atoms with E-state index in [0.29, 0.717) is 0 Å². The largest absolute Gasteiger partial charge is 0.365 e. The fourth-order valence-electron chi connectivity index (χ4n) is 1.10. The highest BCUT2D eigenvalue weighted by Crippen LogP contribution is 1.96. The van der Waals surface area contributed by atoms with Gasteiger partial charge in [0, 0.05) is 5.54 Å². The van der Waals surface area contributed by atoms with Crippen molar-refractivity contribution >= 4 is 11.8 Å². The molecule has 4 N–H and O–H groups in total. The van der Waals surface area contributed by atoms with Gasteiger partial charge in [0.25, 0.3) is 11.8 Å². The zero-order valence-corrected chi connectivity index (χ0v) is 9.31. The van der Waals surface area contributed by atoms with Gasteiger partial charge in [0.1, 0.15) is 0 Å². The molecule has 0 saturated heterocycles. The van der Waals surface area contributed by atoms with Crippen LogP contribution in [-0.2, 0) is 9.59 Å². The molecule has 0 radical (unpaired) electrons. The fraction of sp³-hybridized carbons (Fsp3) is 0.778. The van der Waals surface area contributed by atoms with E-state index in [0.717, 1.165) is 4.90 Å². The molecule has 1 unspecified atom stereocenters. The predicted molar refractivity (Wildman–Crippen MR) is 53.7 cm³/mol. The van der Waals surface area contributed by atoms with E-state index in [1.165, 1.54) is 0 Å². The zero-order chi connectivity index (χ0) is 11.4. The van der Waals surface area contributed by atoms with Crippen molar-refractivity contribution in [2.24, 2.45) is 5.73 Å². The lowest BCUT2D eigenvalue weighted by Gasteiger charge is -2.21. The highest BCUT2D eigenvalue weighted by atomic mass is 16.2. The maximum Gasteiger partial charge on any atom is 0.275 e. The van der Waals surface area contributed by atoms with Gasteiger partial charge in [0.2, 0.25) is 0 Å². The first-order valence-electron chi connectivity index (χ1n) is 4.61. The summed E-state index contributed by atoms with van der Waals surface area (Å²) in [5.41, 5.74) is 4.77. The molecule has 0 aromatic rings.